The molecule has 67 valence electrons. The number of nitrogens with zero attached hydrogens (tertiary/aromatic N) is 1. The fourth-order valence-electron chi connectivity index (χ4n) is 0. The monoisotopic (exact) mass is 241 g/mol. The summed E-state index contributed by atoms with van der Waals surface area (Å²) in [5, 5.41) is 14.8. The number of hydrogen-bond acceptors (Lipinski definition) is 3. The van der Waals surface area contributed by atoms with Crippen LogP contribution in [0.1, 0.15) is 0 Å². The van der Waals surface area contributed by atoms with E-state index < -0.39 is 5.09 Å². The first-order valence-corrected chi connectivity index (χ1v) is 0.548. The summed E-state index contributed by atoms with van der Waals surface area (Å²) in [5.74, 6) is 0. The SMILES string of the molecule is O.O.O.O.O.O=[N+]([O-])[O-].[Y]. The Balaban J connectivity index is -0.00000000300. The van der Waals surface area contributed by atoms with Gasteiger partial charge in [0.15, 0.2) is 0 Å². The van der Waals surface area contributed by atoms with Crippen molar-refractivity contribution in [3.05, 3.63) is 15.3 Å². The Hall–Kier alpha value is 0.104. The first-order valence-electron chi connectivity index (χ1n) is 0.548. The average molecular weight is 241 g/mol. The topological polar surface area (TPSA) is 224 Å². The number of rotatable bonds is 0. The minimum atomic E-state index is -1.75. The van der Waals surface area contributed by atoms with Crippen molar-refractivity contribution in [3.8, 4) is 0 Å². The molecule has 0 spiro atoms. The summed E-state index contributed by atoms with van der Waals surface area (Å²) < 4.78 is 0. The van der Waals surface area contributed by atoms with Gasteiger partial charge in [0.1, 0.15) is 0 Å². The first-order chi connectivity index (χ1) is 1.73. The maximum absolute atomic E-state index is 8.25. The van der Waals surface area contributed by atoms with Crippen LogP contribution in [0.2, 0.25) is 0 Å². The van der Waals surface area contributed by atoms with Crippen LogP contribution in [0.3, 0.4) is 0 Å². The van der Waals surface area contributed by atoms with Crippen molar-refractivity contribution >= 4 is 0 Å². The Morgan fingerprint density at radius 3 is 0.800 bits per heavy atom. The van der Waals surface area contributed by atoms with Crippen LogP contribution < -0.4 is 0 Å². The van der Waals surface area contributed by atoms with E-state index in [1.807, 2.05) is 0 Å². The number of hydrogen-bond donors (Lipinski definition) is 0. The second kappa shape index (κ2) is 62.1. The Labute approximate surface area is 80.6 Å². The Morgan fingerprint density at radius 1 is 0.800 bits per heavy atom. The summed E-state index contributed by atoms with van der Waals surface area (Å²) in [4.78, 5) is 8.25. The fourth-order valence-corrected chi connectivity index (χ4v) is 0. The molecule has 0 aliphatic heterocycles. The van der Waals surface area contributed by atoms with Gasteiger partial charge in [-0.15, -0.1) is 0 Å². The molecule has 0 aromatic heterocycles. The molecule has 0 saturated carbocycles. The van der Waals surface area contributed by atoms with E-state index in [2.05, 4.69) is 0 Å². The zero-order chi connectivity index (χ0) is 3.58. The van der Waals surface area contributed by atoms with Gasteiger partial charge in [-0.1, -0.05) is 0 Å². The van der Waals surface area contributed by atoms with E-state index >= 15 is 0 Å². The molecule has 0 unspecified atom stereocenters. The van der Waals surface area contributed by atoms with E-state index in [9.17, 15) is 0 Å². The maximum Gasteiger partial charge on any atom is 0.0689 e. The van der Waals surface area contributed by atoms with E-state index in [0.717, 1.165) is 0 Å². The molecule has 0 fully saturated rings. The minimum Gasteiger partial charge on any atom is -0.412 e. The second-order valence-electron chi connectivity index (χ2n) is 0.224. The molecule has 0 aliphatic rings. The smallest absolute Gasteiger partial charge is 0.0689 e. The van der Waals surface area contributed by atoms with Gasteiger partial charge in [-0.25, -0.2) is 0 Å². The molecule has 10 heavy (non-hydrogen) atoms. The van der Waals surface area contributed by atoms with Crippen LogP contribution in [0.25, 0.3) is 0 Å². The molecule has 0 rings (SSSR count). The van der Waals surface area contributed by atoms with E-state index in [1.54, 1.807) is 0 Å². The quantitative estimate of drug-likeness (QED) is 0.302. The molecule has 0 bridgehead atoms. The van der Waals surface area contributed by atoms with Crippen molar-refractivity contribution in [1.29, 1.82) is 0 Å². The van der Waals surface area contributed by atoms with Crippen LogP contribution in [0, 0.1) is 15.3 Å². The van der Waals surface area contributed by atoms with Gasteiger partial charge < -0.3 is 42.7 Å². The van der Waals surface area contributed by atoms with Crippen LogP contribution in [-0.4, -0.2) is 32.5 Å². The van der Waals surface area contributed by atoms with E-state index in [1.165, 1.54) is 0 Å². The Kier molecular flexibility index (Phi) is 539. The van der Waals surface area contributed by atoms with Crippen molar-refractivity contribution in [2.75, 3.05) is 0 Å². The van der Waals surface area contributed by atoms with Gasteiger partial charge in [0.25, 0.3) is 0 Å². The van der Waals surface area contributed by atoms with Gasteiger partial charge in [0, 0.05) is 32.7 Å². The summed E-state index contributed by atoms with van der Waals surface area (Å²) >= 11 is 0. The molecule has 10 N–H and O–H groups in total. The summed E-state index contributed by atoms with van der Waals surface area (Å²) in [6.45, 7) is 0. The molecule has 0 saturated heterocycles. The Morgan fingerprint density at radius 2 is 0.800 bits per heavy atom. The van der Waals surface area contributed by atoms with Crippen LogP contribution >= 0.6 is 0 Å². The van der Waals surface area contributed by atoms with Crippen LogP contribution in [0.15, 0.2) is 0 Å². The average Bonchev–Trinajstić information content (AvgIpc) is 0.811. The molecule has 0 aromatic rings. The van der Waals surface area contributed by atoms with Crippen molar-refractivity contribution in [2.45, 2.75) is 0 Å². The molecule has 0 atom stereocenters. The van der Waals surface area contributed by atoms with Crippen LogP contribution in [0.4, 0.5) is 0 Å². The summed E-state index contributed by atoms with van der Waals surface area (Å²) in [6.07, 6.45) is 0. The summed E-state index contributed by atoms with van der Waals surface area (Å²) in [6, 6.07) is 0. The zero-order valence-corrected chi connectivity index (χ0v) is 7.59. The van der Waals surface area contributed by atoms with Gasteiger partial charge in [-0.2, -0.15) is 0 Å². The largest absolute Gasteiger partial charge is 0.412 e. The molecular weight excluding hydrogens is 231 g/mol. The minimum absolute atomic E-state index is 0. The third kappa shape index (κ3) is 37900. The normalized spacial score (nSPS) is 2.40. The van der Waals surface area contributed by atoms with Crippen molar-refractivity contribution < 1.29 is 65.2 Å². The van der Waals surface area contributed by atoms with E-state index in [0.29, 0.717) is 0 Å². The van der Waals surface area contributed by atoms with Crippen LogP contribution in [-0.2, 0) is 32.7 Å². The summed E-state index contributed by atoms with van der Waals surface area (Å²) in [7, 11) is 0. The third-order valence-corrected chi connectivity index (χ3v) is 0. The standard InChI is InChI=1S/NO3.5H2O.Y/c2-1(3)4;;;;;;/h;5*1H2;/q-1;;;;;;. The first kappa shape index (κ1) is 86.9. The molecule has 1 radical (unpaired) electrons. The summed E-state index contributed by atoms with van der Waals surface area (Å²) in [5.41, 5.74) is 0. The molecule has 9 nitrogen and oxygen atoms in total. The predicted molar refractivity (Wildman–Crippen MR) is 28.4 cm³/mol. The fraction of sp³-hybridized carbons (Fsp3) is 0. The zero-order valence-electron chi connectivity index (χ0n) is 4.75. The Bertz CT molecular complexity index is 32.2. The van der Waals surface area contributed by atoms with Crippen molar-refractivity contribution in [1.82, 2.24) is 0 Å². The van der Waals surface area contributed by atoms with Crippen molar-refractivity contribution in [3.63, 3.8) is 0 Å². The van der Waals surface area contributed by atoms with Gasteiger partial charge in [-0.3, -0.25) is 0 Å². The molecule has 0 aliphatic carbocycles. The molecule has 0 aromatic carbocycles. The predicted octanol–water partition coefficient (Wildman–Crippen LogP) is -4.37. The third-order valence-electron chi connectivity index (χ3n) is 0. The van der Waals surface area contributed by atoms with E-state index in [4.69, 9.17) is 15.3 Å². The molecule has 0 amide bonds. The van der Waals surface area contributed by atoms with Gasteiger partial charge in [-0.05, 0) is 0 Å². The van der Waals surface area contributed by atoms with Gasteiger partial charge >= 0.3 is 0 Å². The molecular formula is H10NO8Y-. The molecule has 0 heterocycles. The molecule has 10 heteroatoms. The van der Waals surface area contributed by atoms with Gasteiger partial charge in [0.2, 0.25) is 0 Å². The van der Waals surface area contributed by atoms with E-state index in [-0.39, 0.29) is 60.1 Å². The second-order valence-corrected chi connectivity index (χ2v) is 0.224. The van der Waals surface area contributed by atoms with Gasteiger partial charge in [0.05, 0.1) is 5.09 Å². The maximum atomic E-state index is 8.25. The van der Waals surface area contributed by atoms with Crippen molar-refractivity contribution in [2.24, 2.45) is 0 Å². The van der Waals surface area contributed by atoms with Crippen LogP contribution in [0.5, 0.6) is 0 Å².